The lowest BCUT2D eigenvalue weighted by atomic mass is 9.87. The molecule has 6 heteroatoms. The fourth-order valence-corrected chi connectivity index (χ4v) is 2.71. The van der Waals surface area contributed by atoms with Crippen LogP contribution in [0.25, 0.3) is 0 Å². The van der Waals surface area contributed by atoms with E-state index in [4.69, 9.17) is 16.3 Å². The quantitative estimate of drug-likeness (QED) is 0.434. The molecule has 24 heavy (non-hydrogen) atoms. The Bertz CT molecular complexity index is 658. The highest BCUT2D eigenvalue weighted by molar-refractivity contribution is 6.18. The number of nitro benzene ring substituents is 1. The molecule has 0 aliphatic carbocycles. The summed E-state index contributed by atoms with van der Waals surface area (Å²) in [5.41, 5.74) is 1.69. The molecule has 1 N–H and O–H groups in total. The third-order valence-corrected chi connectivity index (χ3v) is 4.07. The average Bonchev–Trinajstić information content (AvgIpc) is 2.61. The number of aliphatic hydroxyl groups is 1. The van der Waals surface area contributed by atoms with Gasteiger partial charge in [-0.05, 0) is 29.7 Å². The first-order valence-corrected chi connectivity index (χ1v) is 8.31. The monoisotopic (exact) mass is 349 g/mol. The largest absolute Gasteiger partial charge is 0.492 e. The van der Waals surface area contributed by atoms with Gasteiger partial charge >= 0.3 is 0 Å². The Morgan fingerprint density at radius 2 is 1.71 bits per heavy atom. The van der Waals surface area contributed by atoms with Gasteiger partial charge in [0.05, 0.1) is 16.9 Å². The van der Waals surface area contributed by atoms with Gasteiger partial charge in [-0.1, -0.05) is 31.2 Å². The predicted molar refractivity (Wildman–Crippen MR) is 93.7 cm³/mol. The Balaban J connectivity index is 2.15. The number of hydrogen-bond acceptors (Lipinski definition) is 4. The normalized spacial score (nSPS) is 13.3. The molecular weight excluding hydrogens is 330 g/mol. The summed E-state index contributed by atoms with van der Waals surface area (Å²) in [5, 5.41) is 21.4. The number of nitrogens with zero attached hydrogens (tertiary/aromatic N) is 1. The molecule has 5 nitrogen and oxygen atoms in total. The Morgan fingerprint density at radius 1 is 1.12 bits per heavy atom. The van der Waals surface area contributed by atoms with Gasteiger partial charge in [0.25, 0.3) is 5.69 Å². The second-order valence-corrected chi connectivity index (χ2v) is 5.79. The SMILES string of the molecule is CCC(c1ccc([N+](=O)[O-])cc1)C(O)c1ccc(OCCCl)cc1. The molecule has 2 rings (SSSR count). The second-order valence-electron chi connectivity index (χ2n) is 5.41. The van der Waals surface area contributed by atoms with Gasteiger partial charge in [0.2, 0.25) is 0 Å². The zero-order valence-corrected chi connectivity index (χ0v) is 14.1. The Labute approximate surface area is 146 Å². The minimum atomic E-state index is -0.696. The summed E-state index contributed by atoms with van der Waals surface area (Å²) in [6.45, 7) is 2.41. The van der Waals surface area contributed by atoms with Crippen LogP contribution in [-0.4, -0.2) is 22.5 Å². The first-order valence-electron chi connectivity index (χ1n) is 7.78. The van der Waals surface area contributed by atoms with E-state index in [1.165, 1.54) is 12.1 Å². The van der Waals surface area contributed by atoms with Gasteiger partial charge in [0, 0.05) is 18.1 Å². The first-order chi connectivity index (χ1) is 11.6. The van der Waals surface area contributed by atoms with Crippen molar-refractivity contribution in [3.63, 3.8) is 0 Å². The van der Waals surface area contributed by atoms with Crippen molar-refractivity contribution in [3.05, 3.63) is 69.8 Å². The fourth-order valence-electron chi connectivity index (χ4n) is 2.63. The van der Waals surface area contributed by atoms with Crippen LogP contribution in [0.5, 0.6) is 5.75 Å². The molecule has 2 unspecified atom stereocenters. The number of rotatable bonds is 8. The van der Waals surface area contributed by atoms with Gasteiger partial charge in [0.15, 0.2) is 0 Å². The molecule has 0 saturated carbocycles. The van der Waals surface area contributed by atoms with Gasteiger partial charge in [-0.15, -0.1) is 11.6 Å². The van der Waals surface area contributed by atoms with Gasteiger partial charge in [0.1, 0.15) is 12.4 Å². The summed E-state index contributed by atoms with van der Waals surface area (Å²) < 4.78 is 5.42. The molecule has 0 heterocycles. The summed E-state index contributed by atoms with van der Waals surface area (Å²) in [5.74, 6) is 0.984. The zero-order valence-electron chi connectivity index (χ0n) is 13.4. The van der Waals surface area contributed by atoms with Crippen LogP contribution >= 0.6 is 11.6 Å². The number of aliphatic hydroxyl groups excluding tert-OH is 1. The topological polar surface area (TPSA) is 72.6 Å². The number of hydrogen-bond donors (Lipinski definition) is 1. The van der Waals surface area contributed by atoms with Crippen LogP contribution in [0, 0.1) is 10.1 Å². The van der Waals surface area contributed by atoms with Gasteiger partial charge in [-0.3, -0.25) is 10.1 Å². The summed E-state index contributed by atoms with van der Waals surface area (Å²) in [7, 11) is 0. The number of halogens is 1. The highest BCUT2D eigenvalue weighted by Crippen LogP contribution is 2.34. The molecule has 0 aliphatic heterocycles. The molecule has 0 radical (unpaired) electrons. The predicted octanol–water partition coefficient (Wildman–Crippen LogP) is 4.44. The van der Waals surface area contributed by atoms with Crippen molar-refractivity contribution < 1.29 is 14.8 Å². The molecule has 0 spiro atoms. The molecule has 0 bridgehead atoms. The summed E-state index contributed by atoms with van der Waals surface area (Å²) in [4.78, 5) is 10.3. The smallest absolute Gasteiger partial charge is 0.269 e. The minimum Gasteiger partial charge on any atom is -0.492 e. The zero-order chi connectivity index (χ0) is 17.5. The highest BCUT2D eigenvalue weighted by Gasteiger charge is 2.22. The van der Waals surface area contributed by atoms with Crippen molar-refractivity contribution >= 4 is 17.3 Å². The first kappa shape index (κ1) is 18.2. The molecule has 2 aromatic rings. The van der Waals surface area contributed by atoms with Crippen LogP contribution in [-0.2, 0) is 0 Å². The van der Waals surface area contributed by atoms with E-state index in [0.29, 0.717) is 24.7 Å². The molecule has 0 aromatic heterocycles. The maximum Gasteiger partial charge on any atom is 0.269 e. The van der Waals surface area contributed by atoms with Gasteiger partial charge in [-0.2, -0.15) is 0 Å². The number of benzene rings is 2. The van der Waals surface area contributed by atoms with Crippen LogP contribution in [0.2, 0.25) is 0 Å². The maximum absolute atomic E-state index is 10.7. The van der Waals surface area contributed by atoms with E-state index in [2.05, 4.69) is 0 Å². The second kappa shape index (κ2) is 8.66. The van der Waals surface area contributed by atoms with E-state index < -0.39 is 11.0 Å². The third kappa shape index (κ3) is 4.46. The van der Waals surface area contributed by atoms with Gasteiger partial charge in [-0.25, -0.2) is 0 Å². The molecule has 0 aliphatic rings. The lowest BCUT2D eigenvalue weighted by Gasteiger charge is -2.22. The van der Waals surface area contributed by atoms with Crippen molar-refractivity contribution in [2.75, 3.05) is 12.5 Å². The maximum atomic E-state index is 10.7. The summed E-state index contributed by atoms with van der Waals surface area (Å²) >= 11 is 5.58. The van der Waals surface area contributed by atoms with E-state index in [0.717, 1.165) is 11.1 Å². The third-order valence-electron chi connectivity index (χ3n) is 3.92. The molecule has 0 fully saturated rings. The number of nitro groups is 1. The average molecular weight is 350 g/mol. The van der Waals surface area contributed by atoms with Crippen molar-refractivity contribution in [1.82, 2.24) is 0 Å². The molecular formula is C18H20ClNO4. The Morgan fingerprint density at radius 3 is 2.21 bits per heavy atom. The minimum absolute atomic E-state index is 0.0453. The lowest BCUT2D eigenvalue weighted by Crippen LogP contribution is -2.10. The number of ether oxygens (including phenoxy) is 1. The van der Waals surface area contributed by atoms with Crippen molar-refractivity contribution in [2.24, 2.45) is 0 Å². The highest BCUT2D eigenvalue weighted by atomic mass is 35.5. The Kier molecular flexibility index (Phi) is 6.58. The molecule has 0 saturated heterocycles. The van der Waals surface area contributed by atoms with Crippen LogP contribution < -0.4 is 4.74 Å². The Hall–Kier alpha value is -2.11. The van der Waals surface area contributed by atoms with Crippen LogP contribution in [0.15, 0.2) is 48.5 Å². The molecule has 128 valence electrons. The fraction of sp³-hybridized carbons (Fsp3) is 0.333. The van der Waals surface area contributed by atoms with Crippen molar-refractivity contribution in [1.29, 1.82) is 0 Å². The lowest BCUT2D eigenvalue weighted by molar-refractivity contribution is -0.384. The van der Waals surface area contributed by atoms with E-state index in [-0.39, 0.29) is 11.6 Å². The van der Waals surface area contributed by atoms with Crippen LogP contribution in [0.1, 0.15) is 36.5 Å². The van der Waals surface area contributed by atoms with Crippen LogP contribution in [0.4, 0.5) is 5.69 Å². The van der Waals surface area contributed by atoms with Gasteiger partial charge < -0.3 is 9.84 Å². The molecule has 2 aromatic carbocycles. The molecule has 2 atom stereocenters. The number of non-ortho nitro benzene ring substituents is 1. The van der Waals surface area contributed by atoms with Crippen LogP contribution in [0.3, 0.4) is 0 Å². The van der Waals surface area contributed by atoms with Crippen molar-refractivity contribution in [2.45, 2.75) is 25.4 Å². The molecule has 0 amide bonds. The number of alkyl halides is 1. The standard InChI is InChI=1S/C18H20ClNO4/c1-2-17(13-3-7-15(8-4-13)20(22)23)18(21)14-5-9-16(10-6-14)24-12-11-19/h3-10,17-18,21H,2,11-12H2,1H3. The van der Waals surface area contributed by atoms with E-state index in [1.54, 1.807) is 24.3 Å². The summed E-state index contributed by atoms with van der Waals surface area (Å²) in [6, 6.07) is 13.6. The van der Waals surface area contributed by atoms with E-state index in [1.807, 2.05) is 19.1 Å². The van der Waals surface area contributed by atoms with Crippen molar-refractivity contribution in [3.8, 4) is 5.75 Å². The van der Waals surface area contributed by atoms with E-state index in [9.17, 15) is 15.2 Å². The van der Waals surface area contributed by atoms with E-state index >= 15 is 0 Å². The summed E-state index contributed by atoms with van der Waals surface area (Å²) in [6.07, 6.45) is 0.0160.